The average Bonchev–Trinajstić information content (AvgIpc) is 3.49. The molecule has 2 unspecified atom stereocenters. The Hall–Kier alpha value is -3.47. The number of pyridine rings is 1. The Labute approximate surface area is 260 Å². The first-order chi connectivity index (χ1) is 21.0. The molecule has 9 nitrogen and oxygen atoms in total. The lowest BCUT2D eigenvalue weighted by molar-refractivity contribution is -0.136. The van der Waals surface area contributed by atoms with Gasteiger partial charge in [-0.1, -0.05) is 74.1 Å². The van der Waals surface area contributed by atoms with Crippen molar-refractivity contribution in [3.8, 4) is 11.1 Å². The number of nitrogens with one attached hydrogen (secondary N) is 2. The summed E-state index contributed by atoms with van der Waals surface area (Å²) >= 11 is 0. The molecule has 5 rings (SSSR count). The molecule has 1 saturated carbocycles. The molecule has 3 fully saturated rings. The summed E-state index contributed by atoms with van der Waals surface area (Å²) in [4.78, 5) is 31.6. The third-order valence-electron chi connectivity index (χ3n) is 9.66. The topological polar surface area (TPSA) is 119 Å². The summed E-state index contributed by atoms with van der Waals surface area (Å²) in [6, 6.07) is 10.4. The van der Waals surface area contributed by atoms with Gasteiger partial charge >= 0.3 is 6.03 Å². The summed E-state index contributed by atoms with van der Waals surface area (Å²) in [7, 11) is -3.18. The number of hydrogen-bond acceptors (Lipinski definition) is 6. The number of allylic oxidation sites excluding steroid dienone is 3. The first kappa shape index (κ1) is 31.9. The molecule has 1 aromatic carbocycles. The van der Waals surface area contributed by atoms with Crippen molar-refractivity contribution in [1.82, 2.24) is 19.7 Å². The number of hydrogen-bond donors (Lipinski definition) is 3. The summed E-state index contributed by atoms with van der Waals surface area (Å²) in [6.07, 6.45) is 14.3. The van der Waals surface area contributed by atoms with E-state index < -0.39 is 20.7 Å². The average molecular weight is 620 g/mol. The lowest BCUT2D eigenvalue weighted by Crippen LogP contribution is -2.65. The molecule has 2 amide bonds. The SMILES string of the molecule is C=C(/C=C\C=C/C)[C@@H]1CNCCN1C(=O)N1CCC(O)(Cn2cc(S(C)(=N)=O)c(-c3ccccc3)cc2=O)C2(CCCC2)C1. The second kappa shape index (κ2) is 12.9. The van der Waals surface area contributed by atoms with Crippen LogP contribution in [0, 0.1) is 10.2 Å². The van der Waals surface area contributed by atoms with Crippen LogP contribution in [0.3, 0.4) is 0 Å². The number of rotatable bonds is 7. The van der Waals surface area contributed by atoms with Crippen molar-refractivity contribution in [3.05, 3.63) is 89.4 Å². The van der Waals surface area contributed by atoms with E-state index in [-0.39, 0.29) is 29.1 Å². The molecule has 3 N–H and O–H groups in total. The van der Waals surface area contributed by atoms with E-state index in [1.807, 2.05) is 71.4 Å². The molecular weight excluding hydrogens is 574 g/mol. The highest BCUT2D eigenvalue weighted by Gasteiger charge is 2.56. The molecule has 0 radical (unpaired) electrons. The van der Waals surface area contributed by atoms with Gasteiger partial charge in [-0.15, -0.1) is 0 Å². The number of aromatic nitrogens is 1. The maximum absolute atomic E-state index is 14.0. The van der Waals surface area contributed by atoms with Gasteiger partial charge in [0, 0.05) is 62.2 Å². The Morgan fingerprint density at radius 1 is 1.18 bits per heavy atom. The lowest BCUT2D eigenvalue weighted by atomic mass is 9.66. The van der Waals surface area contributed by atoms with Crippen LogP contribution < -0.4 is 10.9 Å². The van der Waals surface area contributed by atoms with Gasteiger partial charge in [0.25, 0.3) is 5.56 Å². The summed E-state index contributed by atoms with van der Waals surface area (Å²) in [5.41, 5.74) is -0.0658. The van der Waals surface area contributed by atoms with Crippen molar-refractivity contribution in [2.45, 2.75) is 62.1 Å². The Morgan fingerprint density at radius 2 is 1.91 bits per heavy atom. The van der Waals surface area contributed by atoms with Crippen LogP contribution in [0.25, 0.3) is 11.1 Å². The van der Waals surface area contributed by atoms with Gasteiger partial charge in [0.15, 0.2) is 0 Å². The molecule has 3 heterocycles. The first-order valence-corrected chi connectivity index (χ1v) is 17.5. The van der Waals surface area contributed by atoms with E-state index >= 15 is 0 Å². The van der Waals surface area contributed by atoms with E-state index in [0.29, 0.717) is 44.7 Å². The fourth-order valence-electron chi connectivity index (χ4n) is 7.22. The van der Waals surface area contributed by atoms with E-state index in [4.69, 9.17) is 4.78 Å². The maximum Gasteiger partial charge on any atom is 0.320 e. The van der Waals surface area contributed by atoms with E-state index in [1.54, 1.807) is 0 Å². The molecule has 3 aliphatic rings. The number of amides is 2. The largest absolute Gasteiger partial charge is 0.387 e. The van der Waals surface area contributed by atoms with Gasteiger partial charge in [0.2, 0.25) is 0 Å². The first-order valence-electron chi connectivity index (χ1n) is 15.5. The molecule has 2 aromatic rings. The number of aliphatic hydroxyl groups is 1. The monoisotopic (exact) mass is 619 g/mol. The third-order valence-corrected chi connectivity index (χ3v) is 10.8. The van der Waals surface area contributed by atoms with E-state index in [2.05, 4.69) is 11.9 Å². The number of carbonyl (C=O) groups is 1. The standard InChI is InChI=1S/C34H45N5O4S/c1-4-5-7-12-26(2)29-22-36-18-20-39(29)32(41)37-19-17-34(42,33(24-37)15-10-11-16-33)25-38-23-30(44(3,35)43)28(21-31(38)40)27-13-8-6-9-14-27/h4-9,12-14,21,23,29,35-36,42H,2,10-11,15-20,22,24-25H2,1,3H3/b5-4-,12-7-/t29-,34?,44?/m0/s1. The summed E-state index contributed by atoms with van der Waals surface area (Å²) in [5, 5.41) is 15.8. The zero-order valence-electron chi connectivity index (χ0n) is 25.8. The van der Waals surface area contributed by atoms with Gasteiger partial charge in [-0.25, -0.2) is 13.8 Å². The highest BCUT2D eigenvalue weighted by molar-refractivity contribution is 7.91. The van der Waals surface area contributed by atoms with E-state index in [1.165, 1.54) is 23.1 Å². The van der Waals surface area contributed by atoms with Gasteiger partial charge in [-0.2, -0.15) is 0 Å². The van der Waals surface area contributed by atoms with Crippen molar-refractivity contribution >= 4 is 15.8 Å². The second-order valence-electron chi connectivity index (χ2n) is 12.6. The zero-order valence-corrected chi connectivity index (χ0v) is 26.7. The third kappa shape index (κ3) is 6.34. The second-order valence-corrected chi connectivity index (χ2v) is 14.7. The minimum Gasteiger partial charge on any atom is -0.387 e. The summed E-state index contributed by atoms with van der Waals surface area (Å²) in [6.45, 7) is 8.91. The van der Waals surface area contributed by atoms with Crippen molar-refractivity contribution in [3.63, 3.8) is 0 Å². The van der Waals surface area contributed by atoms with Gasteiger partial charge in [-0.05, 0) is 37.3 Å². The highest BCUT2D eigenvalue weighted by atomic mass is 32.2. The number of likely N-dealkylation sites (tertiary alicyclic amines) is 1. The van der Waals surface area contributed by atoms with Gasteiger partial charge < -0.3 is 24.8 Å². The quantitative estimate of drug-likeness (QED) is 0.391. The van der Waals surface area contributed by atoms with Crippen molar-refractivity contribution in [2.24, 2.45) is 5.41 Å². The predicted molar refractivity (Wildman–Crippen MR) is 175 cm³/mol. The zero-order chi connectivity index (χ0) is 31.5. The normalized spacial score (nSPS) is 25.1. The molecule has 3 atom stereocenters. The Bertz CT molecular complexity index is 1610. The minimum atomic E-state index is -3.18. The van der Waals surface area contributed by atoms with Crippen molar-refractivity contribution in [1.29, 1.82) is 4.78 Å². The molecule has 44 heavy (non-hydrogen) atoms. The van der Waals surface area contributed by atoms with Crippen LogP contribution in [-0.4, -0.2) is 80.3 Å². The molecular formula is C34H45N5O4S. The highest BCUT2D eigenvalue weighted by Crippen LogP contribution is 2.52. The number of piperazine rings is 1. The Kier molecular flexibility index (Phi) is 9.34. The molecule has 1 aliphatic carbocycles. The van der Waals surface area contributed by atoms with Crippen LogP contribution in [0.15, 0.2) is 88.7 Å². The number of urea groups is 1. The molecule has 1 spiro atoms. The van der Waals surface area contributed by atoms with Crippen LogP contribution in [0.4, 0.5) is 4.79 Å². The maximum atomic E-state index is 14.0. The van der Waals surface area contributed by atoms with Gasteiger partial charge in [-0.3, -0.25) is 4.79 Å². The van der Waals surface area contributed by atoms with Crippen LogP contribution in [0.2, 0.25) is 0 Å². The number of piperidine rings is 1. The summed E-state index contributed by atoms with van der Waals surface area (Å²) in [5.74, 6) is 0. The lowest BCUT2D eigenvalue weighted by Gasteiger charge is -2.53. The molecule has 1 aromatic heterocycles. The van der Waals surface area contributed by atoms with Gasteiger partial charge in [0.1, 0.15) is 0 Å². The van der Waals surface area contributed by atoms with E-state index in [9.17, 15) is 18.9 Å². The fraction of sp³-hybridized carbons (Fsp3) is 0.471. The number of benzene rings is 1. The minimum absolute atomic E-state index is 0.0221. The van der Waals surface area contributed by atoms with Crippen LogP contribution in [0.5, 0.6) is 0 Å². The number of carbonyl (C=O) groups excluding carboxylic acids is 1. The van der Waals surface area contributed by atoms with Crippen LogP contribution >= 0.6 is 0 Å². The van der Waals surface area contributed by atoms with Gasteiger partial charge in [0.05, 0.1) is 32.8 Å². The number of nitrogens with zero attached hydrogens (tertiary/aromatic N) is 3. The predicted octanol–water partition coefficient (Wildman–Crippen LogP) is 4.63. The summed E-state index contributed by atoms with van der Waals surface area (Å²) < 4.78 is 22.9. The smallest absolute Gasteiger partial charge is 0.320 e. The van der Waals surface area contributed by atoms with Crippen molar-refractivity contribution < 1.29 is 14.1 Å². The van der Waals surface area contributed by atoms with Crippen LogP contribution in [-0.2, 0) is 16.3 Å². The Balaban J connectivity index is 1.42. The Morgan fingerprint density at radius 3 is 2.59 bits per heavy atom. The van der Waals surface area contributed by atoms with Crippen molar-refractivity contribution in [2.75, 3.05) is 39.0 Å². The molecule has 2 aliphatic heterocycles. The molecule has 2 saturated heterocycles. The molecule has 0 bridgehead atoms. The molecule has 236 valence electrons. The van der Waals surface area contributed by atoms with Crippen LogP contribution in [0.1, 0.15) is 39.0 Å². The fourth-order valence-corrected chi connectivity index (χ4v) is 8.15. The van der Waals surface area contributed by atoms with E-state index in [0.717, 1.165) is 36.8 Å². The molecule has 10 heteroatoms.